The van der Waals surface area contributed by atoms with E-state index < -0.39 is 10.7 Å². The van der Waals surface area contributed by atoms with E-state index in [2.05, 4.69) is 39.0 Å². The molecule has 0 saturated heterocycles. The van der Waals surface area contributed by atoms with Gasteiger partial charge in [-0.15, -0.1) is 0 Å². The third-order valence-electron chi connectivity index (χ3n) is 5.48. The number of benzene rings is 2. The van der Waals surface area contributed by atoms with Gasteiger partial charge in [0.05, 0.1) is 16.3 Å². The third kappa shape index (κ3) is 5.14. The number of aryl methyl sites for hydroxylation is 2. The number of pyridine rings is 1. The van der Waals surface area contributed by atoms with Crippen LogP contribution in [0.4, 0.5) is 10.1 Å². The zero-order valence-electron chi connectivity index (χ0n) is 18.7. The van der Waals surface area contributed by atoms with Gasteiger partial charge >= 0.3 is 5.69 Å². The molecule has 7 nitrogen and oxygen atoms in total. The summed E-state index contributed by atoms with van der Waals surface area (Å²) in [6.45, 7) is 1.99. The molecule has 2 aromatic heterocycles. The largest absolute Gasteiger partial charge is 0.482 e. The Bertz CT molecular complexity index is 1360. The highest BCUT2D eigenvalue weighted by Gasteiger charge is 2.18. The molecule has 0 aliphatic heterocycles. The molecule has 0 unspecified atom stereocenters. The number of nitro benzene ring substituents is 1. The molecule has 0 spiro atoms. The normalized spacial score (nSPS) is 10.9. The predicted molar refractivity (Wildman–Crippen MR) is 130 cm³/mol. The van der Waals surface area contributed by atoms with Crippen LogP contribution < -0.4 is 4.74 Å². The fourth-order valence-corrected chi connectivity index (χ4v) is 4.09. The molecule has 174 valence electrons. The lowest BCUT2D eigenvalue weighted by Gasteiger charge is -2.14. The highest BCUT2D eigenvalue weighted by molar-refractivity contribution is 9.10. The second-order valence-electron chi connectivity index (χ2n) is 7.75. The number of hydrogen-bond acceptors (Lipinski definition) is 5. The Kier molecular flexibility index (Phi) is 7.02. The van der Waals surface area contributed by atoms with Gasteiger partial charge in [0.15, 0.2) is 5.75 Å². The summed E-state index contributed by atoms with van der Waals surface area (Å²) in [5.41, 5.74) is 4.77. The summed E-state index contributed by atoms with van der Waals surface area (Å²) in [5, 5.41) is 15.9. The van der Waals surface area contributed by atoms with Crippen LogP contribution in [0.3, 0.4) is 0 Å². The minimum Gasteiger partial charge on any atom is -0.482 e. The first-order chi connectivity index (χ1) is 16.4. The Balaban J connectivity index is 1.69. The van der Waals surface area contributed by atoms with Crippen molar-refractivity contribution in [2.75, 3.05) is 0 Å². The molecule has 0 atom stereocenters. The number of aromatic nitrogens is 3. The van der Waals surface area contributed by atoms with Gasteiger partial charge in [-0.25, -0.2) is 4.39 Å². The summed E-state index contributed by atoms with van der Waals surface area (Å²) in [6, 6.07) is 14.8. The van der Waals surface area contributed by atoms with Crippen LogP contribution in [0.2, 0.25) is 0 Å². The third-order valence-corrected chi connectivity index (χ3v) is 5.97. The van der Waals surface area contributed by atoms with Gasteiger partial charge in [0.2, 0.25) is 0 Å². The van der Waals surface area contributed by atoms with Crippen molar-refractivity contribution in [1.29, 1.82) is 0 Å². The molecule has 0 fully saturated rings. The molecular weight excluding hydrogens is 503 g/mol. The molecule has 2 aromatic carbocycles. The van der Waals surface area contributed by atoms with Crippen LogP contribution in [0.15, 0.2) is 65.3 Å². The van der Waals surface area contributed by atoms with Crippen LogP contribution in [0.5, 0.6) is 5.75 Å². The number of nitro groups is 1. The molecule has 0 radical (unpaired) electrons. The van der Waals surface area contributed by atoms with E-state index in [0.29, 0.717) is 27.7 Å². The van der Waals surface area contributed by atoms with Crippen LogP contribution in [-0.2, 0) is 26.5 Å². The van der Waals surface area contributed by atoms with Crippen LogP contribution >= 0.6 is 15.9 Å². The second kappa shape index (κ2) is 10.1. The molecule has 4 aromatic rings. The Morgan fingerprint density at radius 2 is 1.97 bits per heavy atom. The van der Waals surface area contributed by atoms with E-state index >= 15 is 0 Å². The van der Waals surface area contributed by atoms with E-state index in [1.54, 1.807) is 18.3 Å². The summed E-state index contributed by atoms with van der Waals surface area (Å²) >= 11 is 3.31. The molecule has 0 aliphatic rings. The average molecular weight is 525 g/mol. The Morgan fingerprint density at radius 1 is 1.15 bits per heavy atom. The summed E-state index contributed by atoms with van der Waals surface area (Å²) in [4.78, 5) is 15.5. The van der Waals surface area contributed by atoms with E-state index in [1.165, 1.54) is 24.3 Å². The maximum Gasteiger partial charge on any atom is 0.311 e. The lowest BCUT2D eigenvalue weighted by Crippen LogP contribution is -2.05. The highest BCUT2D eigenvalue weighted by Crippen LogP contribution is 2.33. The van der Waals surface area contributed by atoms with Crippen LogP contribution in [-0.4, -0.2) is 19.7 Å². The van der Waals surface area contributed by atoms with Gasteiger partial charge in [-0.2, -0.15) is 5.10 Å². The predicted octanol–water partition coefficient (Wildman–Crippen LogP) is 6.02. The smallest absolute Gasteiger partial charge is 0.311 e. The van der Waals surface area contributed by atoms with Crippen molar-refractivity contribution in [3.63, 3.8) is 0 Å². The topological polar surface area (TPSA) is 83.1 Å². The van der Waals surface area contributed by atoms with E-state index in [0.717, 1.165) is 23.4 Å². The first kappa shape index (κ1) is 23.6. The van der Waals surface area contributed by atoms with Crippen molar-refractivity contribution in [2.45, 2.75) is 26.4 Å². The Hall–Kier alpha value is -3.59. The van der Waals surface area contributed by atoms with Crippen LogP contribution in [0.1, 0.15) is 29.4 Å². The average Bonchev–Trinajstić information content (AvgIpc) is 3.17. The van der Waals surface area contributed by atoms with Crippen molar-refractivity contribution in [2.24, 2.45) is 7.05 Å². The molecule has 0 aliphatic carbocycles. The molecule has 0 saturated carbocycles. The van der Waals surface area contributed by atoms with E-state index in [-0.39, 0.29) is 18.0 Å². The molecule has 9 heteroatoms. The van der Waals surface area contributed by atoms with Crippen molar-refractivity contribution < 1.29 is 14.1 Å². The number of halogens is 2. The number of hydrogen-bond donors (Lipinski definition) is 0. The number of ether oxygens (including phenoxy) is 1. The van der Waals surface area contributed by atoms with Gasteiger partial charge < -0.3 is 4.74 Å². The van der Waals surface area contributed by atoms with E-state index in [4.69, 9.17) is 4.74 Å². The molecule has 0 amide bonds. The number of rotatable bonds is 8. The Labute approximate surface area is 204 Å². The van der Waals surface area contributed by atoms with Gasteiger partial charge in [0, 0.05) is 53.1 Å². The van der Waals surface area contributed by atoms with Gasteiger partial charge in [0.1, 0.15) is 12.4 Å². The van der Waals surface area contributed by atoms with Crippen LogP contribution in [0, 0.1) is 15.9 Å². The fraction of sp³-hybridized carbons (Fsp3) is 0.200. The van der Waals surface area contributed by atoms with E-state index in [1.807, 2.05) is 23.9 Å². The van der Waals surface area contributed by atoms with Gasteiger partial charge in [0.25, 0.3) is 0 Å². The van der Waals surface area contributed by atoms with Gasteiger partial charge in [-0.1, -0.05) is 28.9 Å². The Morgan fingerprint density at radius 3 is 2.71 bits per heavy atom. The van der Waals surface area contributed by atoms with Crippen molar-refractivity contribution in [3.05, 3.63) is 104 Å². The van der Waals surface area contributed by atoms with Crippen LogP contribution in [0.25, 0.3) is 11.3 Å². The summed E-state index contributed by atoms with van der Waals surface area (Å²) < 4.78 is 22.5. The van der Waals surface area contributed by atoms with Crippen molar-refractivity contribution in [3.8, 4) is 17.0 Å². The molecular formula is C25H22BrFN4O3. The summed E-state index contributed by atoms with van der Waals surface area (Å²) in [5.74, 6) is -0.333. The maximum absolute atomic E-state index is 14.2. The first-order valence-electron chi connectivity index (χ1n) is 10.7. The van der Waals surface area contributed by atoms with Crippen molar-refractivity contribution in [1.82, 2.24) is 14.8 Å². The molecule has 34 heavy (non-hydrogen) atoms. The van der Waals surface area contributed by atoms with Gasteiger partial charge in [-0.3, -0.25) is 19.8 Å². The number of nitrogens with zero attached hydrogens (tertiary/aromatic N) is 4. The molecule has 0 N–H and O–H groups in total. The minimum absolute atomic E-state index is 0.0634. The van der Waals surface area contributed by atoms with Gasteiger partial charge in [-0.05, 0) is 48.4 Å². The van der Waals surface area contributed by atoms with Crippen molar-refractivity contribution >= 4 is 21.6 Å². The quantitative estimate of drug-likeness (QED) is 0.207. The zero-order valence-corrected chi connectivity index (χ0v) is 20.3. The highest BCUT2D eigenvalue weighted by atomic mass is 79.9. The molecule has 0 bridgehead atoms. The minimum atomic E-state index is -0.510. The standard InChI is InChI=1S/C25H22BrFN4O3/c1-3-20-14-21(30(2)29-20)12-16-5-4-10-28-25(16)22-8-7-19(27)11-17(22)15-34-24-13-18(26)6-9-23(24)31(32)33/h4-11,13-14H,3,12,15H2,1-2H3. The lowest BCUT2D eigenvalue weighted by atomic mass is 9.98. The lowest BCUT2D eigenvalue weighted by molar-refractivity contribution is -0.386. The zero-order chi connectivity index (χ0) is 24.2. The SMILES string of the molecule is CCc1cc(Cc2cccnc2-c2ccc(F)cc2COc2cc(Br)ccc2[N+](=O)[O-])n(C)n1. The fourth-order valence-electron chi connectivity index (χ4n) is 3.75. The molecule has 4 rings (SSSR count). The maximum atomic E-state index is 14.2. The summed E-state index contributed by atoms with van der Waals surface area (Å²) in [7, 11) is 1.91. The monoisotopic (exact) mass is 524 g/mol. The summed E-state index contributed by atoms with van der Waals surface area (Å²) in [6.07, 6.45) is 3.13. The second-order valence-corrected chi connectivity index (χ2v) is 8.67. The van der Waals surface area contributed by atoms with E-state index in [9.17, 15) is 14.5 Å². The molecule has 2 heterocycles. The first-order valence-corrected chi connectivity index (χ1v) is 11.5.